The van der Waals surface area contributed by atoms with Gasteiger partial charge in [-0.2, -0.15) is 0 Å². The van der Waals surface area contributed by atoms with Crippen LogP contribution in [0.15, 0.2) is 24.3 Å². The second kappa shape index (κ2) is 8.36. The van der Waals surface area contributed by atoms with Crippen LogP contribution in [0, 0.1) is 0 Å². The van der Waals surface area contributed by atoms with Crippen molar-refractivity contribution in [3.8, 4) is 0 Å². The van der Waals surface area contributed by atoms with Crippen molar-refractivity contribution >= 4 is 17.6 Å². The van der Waals surface area contributed by atoms with E-state index in [0.29, 0.717) is 18.1 Å². The molecular weight excluding hydrogens is 302 g/mol. The minimum atomic E-state index is -0.166. The van der Waals surface area contributed by atoms with E-state index in [2.05, 4.69) is 16.3 Å². The fraction of sp³-hybridized carbons (Fsp3) is 0.562. The Morgan fingerprint density at radius 1 is 1.45 bits per heavy atom. The molecule has 1 atom stereocenters. The summed E-state index contributed by atoms with van der Waals surface area (Å²) in [5, 5.41) is 12.6. The number of halogens is 1. The molecule has 1 fully saturated rings. The van der Waals surface area contributed by atoms with E-state index < -0.39 is 0 Å². The monoisotopic (exact) mass is 325 g/mol. The summed E-state index contributed by atoms with van der Waals surface area (Å²) in [5.74, 6) is 0. The minimum Gasteiger partial charge on any atom is -0.395 e. The molecule has 2 N–H and O–H groups in total. The van der Waals surface area contributed by atoms with Crippen molar-refractivity contribution < 1.29 is 9.90 Å². The van der Waals surface area contributed by atoms with Crippen molar-refractivity contribution in [2.24, 2.45) is 0 Å². The van der Waals surface area contributed by atoms with E-state index in [0.717, 1.165) is 18.7 Å². The number of carbonyl (C=O) groups excluding carboxylic acids is 1. The average Bonchev–Trinajstić information content (AvgIpc) is 3.01. The largest absolute Gasteiger partial charge is 0.395 e. The molecule has 1 unspecified atom stereocenters. The highest BCUT2D eigenvalue weighted by atomic mass is 35.5. The molecule has 5 nitrogen and oxygen atoms in total. The first-order valence-corrected chi connectivity index (χ1v) is 8.09. The lowest BCUT2D eigenvalue weighted by atomic mass is 10.1. The topological polar surface area (TPSA) is 55.8 Å². The number of likely N-dealkylation sites (tertiary alicyclic amines) is 1. The number of amides is 2. The Morgan fingerprint density at radius 2 is 2.18 bits per heavy atom. The van der Waals surface area contributed by atoms with Crippen molar-refractivity contribution in [3.63, 3.8) is 0 Å². The van der Waals surface area contributed by atoms with Gasteiger partial charge >= 0.3 is 6.03 Å². The van der Waals surface area contributed by atoms with Crippen molar-refractivity contribution in [2.75, 3.05) is 39.8 Å². The maximum atomic E-state index is 12.0. The van der Waals surface area contributed by atoms with E-state index in [1.807, 2.05) is 18.2 Å². The molecule has 6 heteroatoms. The molecule has 2 amide bonds. The third kappa shape index (κ3) is 4.60. The van der Waals surface area contributed by atoms with Crippen molar-refractivity contribution in [1.29, 1.82) is 0 Å². The van der Waals surface area contributed by atoms with Gasteiger partial charge in [0.1, 0.15) is 0 Å². The standard InChI is InChI=1S/C16H24ClN3O2/c1-19(9-10-21)16(22)18-12-15(20-7-2-3-8-20)13-5-4-6-14(17)11-13/h4-6,11,15,21H,2-3,7-10,12H2,1H3,(H,18,22). The molecule has 1 aliphatic heterocycles. The van der Waals surface area contributed by atoms with E-state index in [1.54, 1.807) is 7.05 Å². The van der Waals surface area contributed by atoms with Crippen LogP contribution in [0.5, 0.6) is 0 Å². The van der Waals surface area contributed by atoms with Crippen molar-refractivity contribution in [1.82, 2.24) is 15.1 Å². The second-order valence-electron chi connectivity index (χ2n) is 5.65. The number of rotatable bonds is 6. The Bertz CT molecular complexity index is 492. The van der Waals surface area contributed by atoms with Gasteiger partial charge < -0.3 is 15.3 Å². The molecule has 0 bridgehead atoms. The minimum absolute atomic E-state index is 0.0340. The molecule has 0 aliphatic carbocycles. The number of hydrogen-bond acceptors (Lipinski definition) is 3. The van der Waals surface area contributed by atoms with Crippen LogP contribution in [0.4, 0.5) is 4.79 Å². The lowest BCUT2D eigenvalue weighted by Crippen LogP contribution is -2.43. The summed E-state index contributed by atoms with van der Waals surface area (Å²) in [5.41, 5.74) is 1.12. The van der Waals surface area contributed by atoms with Gasteiger partial charge in [0.25, 0.3) is 0 Å². The third-order valence-electron chi connectivity index (χ3n) is 4.04. The molecule has 0 spiro atoms. The average molecular weight is 326 g/mol. The molecule has 1 saturated heterocycles. The zero-order valence-corrected chi connectivity index (χ0v) is 13.7. The first kappa shape index (κ1) is 17.1. The number of aliphatic hydroxyl groups is 1. The second-order valence-corrected chi connectivity index (χ2v) is 6.08. The number of nitrogens with one attached hydrogen (secondary N) is 1. The maximum Gasteiger partial charge on any atom is 0.317 e. The summed E-state index contributed by atoms with van der Waals surface area (Å²) in [6, 6.07) is 7.79. The Kier molecular flexibility index (Phi) is 6.49. The molecule has 122 valence electrons. The first-order chi connectivity index (χ1) is 10.6. The Morgan fingerprint density at radius 3 is 2.82 bits per heavy atom. The molecular formula is C16H24ClN3O2. The maximum absolute atomic E-state index is 12.0. The Labute approximate surface area is 136 Å². The van der Waals surface area contributed by atoms with Gasteiger partial charge in [-0.1, -0.05) is 23.7 Å². The van der Waals surface area contributed by atoms with E-state index >= 15 is 0 Å². The smallest absolute Gasteiger partial charge is 0.317 e. The SMILES string of the molecule is CN(CCO)C(=O)NCC(c1cccc(Cl)c1)N1CCCC1. The number of aliphatic hydroxyl groups excluding tert-OH is 1. The highest BCUT2D eigenvalue weighted by molar-refractivity contribution is 6.30. The summed E-state index contributed by atoms with van der Waals surface area (Å²) in [6.07, 6.45) is 2.38. The highest BCUT2D eigenvalue weighted by Gasteiger charge is 2.24. The van der Waals surface area contributed by atoms with Crippen LogP contribution < -0.4 is 5.32 Å². The number of urea groups is 1. The van der Waals surface area contributed by atoms with Crippen molar-refractivity contribution in [2.45, 2.75) is 18.9 Å². The van der Waals surface area contributed by atoms with E-state index in [1.165, 1.54) is 17.7 Å². The molecule has 1 aromatic carbocycles. The molecule has 22 heavy (non-hydrogen) atoms. The van der Waals surface area contributed by atoms with Gasteiger partial charge in [-0.05, 0) is 43.6 Å². The van der Waals surface area contributed by atoms with Crippen molar-refractivity contribution in [3.05, 3.63) is 34.9 Å². The van der Waals surface area contributed by atoms with Gasteiger partial charge in [0, 0.05) is 25.2 Å². The molecule has 1 heterocycles. The lowest BCUT2D eigenvalue weighted by molar-refractivity contribution is 0.183. The van der Waals surface area contributed by atoms with E-state index in [4.69, 9.17) is 16.7 Å². The van der Waals surface area contributed by atoms with Crippen LogP contribution in [0.3, 0.4) is 0 Å². The molecule has 2 rings (SSSR count). The zero-order chi connectivity index (χ0) is 15.9. The number of benzene rings is 1. The quantitative estimate of drug-likeness (QED) is 0.842. The summed E-state index contributed by atoms with van der Waals surface area (Å²) >= 11 is 6.11. The van der Waals surface area contributed by atoms with E-state index in [-0.39, 0.29) is 18.7 Å². The molecule has 0 aromatic heterocycles. The Hall–Kier alpha value is -1.30. The normalized spacial score (nSPS) is 16.5. The highest BCUT2D eigenvalue weighted by Crippen LogP contribution is 2.26. The first-order valence-electron chi connectivity index (χ1n) is 7.71. The molecule has 0 saturated carbocycles. The van der Waals surface area contributed by atoms with E-state index in [9.17, 15) is 4.79 Å². The summed E-state index contributed by atoms with van der Waals surface area (Å²) in [6.45, 7) is 2.92. The molecule has 1 aliphatic rings. The number of hydrogen-bond donors (Lipinski definition) is 2. The third-order valence-corrected chi connectivity index (χ3v) is 4.28. The van der Waals surface area contributed by atoms with Gasteiger partial charge in [-0.3, -0.25) is 4.90 Å². The zero-order valence-electron chi connectivity index (χ0n) is 13.0. The number of carbonyl (C=O) groups is 1. The number of nitrogens with zero attached hydrogens (tertiary/aromatic N) is 2. The van der Waals surface area contributed by atoms with Gasteiger partial charge in [-0.25, -0.2) is 4.79 Å². The molecule has 1 aromatic rings. The summed E-state index contributed by atoms with van der Waals surface area (Å²) in [7, 11) is 1.68. The fourth-order valence-corrected chi connectivity index (χ4v) is 2.99. The van der Waals surface area contributed by atoms with Crippen LogP contribution in [0.1, 0.15) is 24.4 Å². The summed E-state index contributed by atoms with van der Waals surface area (Å²) < 4.78 is 0. The lowest BCUT2D eigenvalue weighted by Gasteiger charge is -2.29. The predicted molar refractivity (Wildman–Crippen MR) is 88.1 cm³/mol. The van der Waals surface area contributed by atoms with Crippen LogP contribution in [0.2, 0.25) is 5.02 Å². The number of likely N-dealkylation sites (N-methyl/N-ethyl adjacent to an activating group) is 1. The van der Waals surface area contributed by atoms with Crippen LogP contribution in [-0.4, -0.2) is 60.8 Å². The van der Waals surface area contributed by atoms with Gasteiger partial charge in [0.2, 0.25) is 0 Å². The van der Waals surface area contributed by atoms with Gasteiger partial charge in [-0.15, -0.1) is 0 Å². The fourth-order valence-electron chi connectivity index (χ4n) is 2.80. The van der Waals surface area contributed by atoms with Crippen LogP contribution in [-0.2, 0) is 0 Å². The van der Waals surface area contributed by atoms with Crippen LogP contribution >= 0.6 is 11.6 Å². The molecule has 0 radical (unpaired) electrons. The van der Waals surface area contributed by atoms with Gasteiger partial charge in [0.05, 0.1) is 12.6 Å². The predicted octanol–water partition coefficient (Wildman–Crippen LogP) is 2.11. The van der Waals surface area contributed by atoms with Crippen LogP contribution in [0.25, 0.3) is 0 Å². The Balaban J connectivity index is 2.04. The van der Waals surface area contributed by atoms with Gasteiger partial charge in [0.15, 0.2) is 0 Å². The summed E-state index contributed by atoms with van der Waals surface area (Å²) in [4.78, 5) is 15.9.